The van der Waals surface area contributed by atoms with Crippen LogP contribution in [0.3, 0.4) is 0 Å². The van der Waals surface area contributed by atoms with Crippen LogP contribution in [-0.4, -0.2) is 100 Å². The molecule has 0 spiro atoms. The highest BCUT2D eigenvalue weighted by atomic mass is 19.1. The number of hydrogen-bond donors (Lipinski definition) is 1. The second-order valence-corrected chi connectivity index (χ2v) is 8.28. The second-order valence-electron chi connectivity index (χ2n) is 8.28. The van der Waals surface area contributed by atoms with Crippen molar-refractivity contribution in [3.63, 3.8) is 0 Å². The average Bonchev–Trinajstić information content (AvgIpc) is 2.71. The van der Waals surface area contributed by atoms with Gasteiger partial charge in [-0.05, 0) is 39.3 Å². The maximum absolute atomic E-state index is 14.3. The summed E-state index contributed by atoms with van der Waals surface area (Å²) < 4.78 is 14.3. The van der Waals surface area contributed by atoms with Gasteiger partial charge in [0, 0.05) is 44.8 Å². The third kappa shape index (κ3) is 5.92. The number of nitrogens with zero attached hydrogens (tertiary/aromatic N) is 4. The minimum Gasteiger partial charge on any atom is -0.511 e. The highest BCUT2D eigenvalue weighted by molar-refractivity contribution is 5.88. The Labute approximate surface area is 179 Å². The van der Waals surface area contributed by atoms with E-state index < -0.39 is 12.3 Å². The van der Waals surface area contributed by atoms with Gasteiger partial charge in [-0.2, -0.15) is 0 Å². The van der Waals surface area contributed by atoms with Gasteiger partial charge in [0.1, 0.15) is 11.8 Å². The van der Waals surface area contributed by atoms with Gasteiger partial charge >= 0.3 is 0 Å². The minimum atomic E-state index is -1.13. The van der Waals surface area contributed by atoms with E-state index in [1.54, 1.807) is 14.7 Å². The van der Waals surface area contributed by atoms with Crippen LogP contribution in [0.5, 0.6) is 0 Å². The molecule has 2 amide bonds. The van der Waals surface area contributed by atoms with Crippen molar-refractivity contribution in [3.8, 4) is 0 Å². The fourth-order valence-corrected chi connectivity index (χ4v) is 4.03. The highest BCUT2D eigenvalue weighted by Gasteiger charge is 2.33. The van der Waals surface area contributed by atoms with E-state index in [2.05, 4.69) is 18.1 Å². The van der Waals surface area contributed by atoms with E-state index >= 15 is 0 Å². The van der Waals surface area contributed by atoms with Crippen molar-refractivity contribution in [2.75, 3.05) is 39.3 Å². The Morgan fingerprint density at radius 3 is 2.40 bits per heavy atom. The molecule has 0 bridgehead atoms. The number of aliphatic hydroxyl groups is 1. The molecule has 0 saturated carbocycles. The quantitative estimate of drug-likeness (QED) is 0.386. The molecule has 0 radical (unpaired) electrons. The molecule has 168 valence electrons. The van der Waals surface area contributed by atoms with Crippen LogP contribution in [0, 0.1) is 0 Å². The number of amides is 2. The summed E-state index contributed by atoms with van der Waals surface area (Å²) in [5.74, 6) is -0.442. The van der Waals surface area contributed by atoms with E-state index in [1.807, 2.05) is 26.8 Å². The Morgan fingerprint density at radius 1 is 1.13 bits per heavy atom. The third-order valence-corrected chi connectivity index (χ3v) is 5.95. The summed E-state index contributed by atoms with van der Waals surface area (Å²) in [6.45, 7) is 15.8. The number of carbonyl (C=O) groups is 2. The first-order chi connectivity index (χ1) is 14.1. The van der Waals surface area contributed by atoms with Crippen molar-refractivity contribution in [3.05, 3.63) is 37.1 Å². The topological polar surface area (TPSA) is 67.3 Å². The van der Waals surface area contributed by atoms with Crippen LogP contribution in [0.15, 0.2) is 37.1 Å². The van der Waals surface area contributed by atoms with E-state index in [4.69, 9.17) is 0 Å². The molecule has 1 N–H and O–H groups in total. The van der Waals surface area contributed by atoms with Gasteiger partial charge < -0.3 is 14.9 Å². The number of alkyl halides is 1. The Balaban J connectivity index is 1.86. The van der Waals surface area contributed by atoms with Gasteiger partial charge in [-0.25, -0.2) is 4.39 Å². The second kappa shape index (κ2) is 10.7. The van der Waals surface area contributed by atoms with Gasteiger partial charge in [-0.1, -0.05) is 19.2 Å². The molecule has 2 fully saturated rings. The molecule has 0 aromatic carbocycles. The lowest BCUT2D eigenvalue weighted by Crippen LogP contribution is -2.57. The Hall–Kier alpha value is -2.19. The molecule has 0 aliphatic carbocycles. The molecule has 2 saturated heterocycles. The van der Waals surface area contributed by atoms with E-state index in [1.165, 1.54) is 12.2 Å². The summed E-state index contributed by atoms with van der Waals surface area (Å²) >= 11 is 0. The normalized spacial score (nSPS) is 25.0. The summed E-state index contributed by atoms with van der Waals surface area (Å²) in [6.07, 6.45) is 4.09. The standard InChI is InChI=1S/C22H35FN4O3/c1-6-21(29)27-13-10-24(14-19(27)18(5)28)17(4)8-7-9-22(30)25-11-12-26(16(2)3)20(23)15-25/h6-7,9,16-17,19-20,28H,1,5,8,10-15H2,2-4H3/b9-7+. The number of hydrogen-bond acceptors (Lipinski definition) is 5. The zero-order chi connectivity index (χ0) is 22.4. The molecule has 2 aliphatic heterocycles. The van der Waals surface area contributed by atoms with Crippen LogP contribution >= 0.6 is 0 Å². The minimum absolute atomic E-state index is 0.0471. The molecule has 3 unspecified atom stereocenters. The molecular weight excluding hydrogens is 387 g/mol. The first kappa shape index (κ1) is 24.1. The van der Waals surface area contributed by atoms with Gasteiger partial charge in [0.15, 0.2) is 6.30 Å². The first-order valence-corrected chi connectivity index (χ1v) is 10.6. The van der Waals surface area contributed by atoms with Crippen molar-refractivity contribution >= 4 is 11.8 Å². The first-order valence-electron chi connectivity index (χ1n) is 10.6. The monoisotopic (exact) mass is 422 g/mol. The Bertz CT molecular complexity index is 681. The molecule has 7 nitrogen and oxygen atoms in total. The van der Waals surface area contributed by atoms with Crippen molar-refractivity contribution in [1.29, 1.82) is 0 Å². The summed E-state index contributed by atoms with van der Waals surface area (Å²) in [4.78, 5) is 31.4. The van der Waals surface area contributed by atoms with E-state index in [-0.39, 0.29) is 36.2 Å². The summed E-state index contributed by atoms with van der Waals surface area (Å²) in [5, 5.41) is 9.91. The number of aliphatic hydroxyl groups excluding tert-OH is 1. The number of rotatable bonds is 7. The molecule has 2 heterocycles. The van der Waals surface area contributed by atoms with Gasteiger partial charge in [0.2, 0.25) is 11.8 Å². The van der Waals surface area contributed by atoms with E-state index in [9.17, 15) is 19.1 Å². The number of halogens is 1. The zero-order valence-corrected chi connectivity index (χ0v) is 18.3. The highest BCUT2D eigenvalue weighted by Crippen LogP contribution is 2.19. The maximum atomic E-state index is 14.3. The summed E-state index contributed by atoms with van der Waals surface area (Å²) in [5.41, 5.74) is 0. The molecule has 30 heavy (non-hydrogen) atoms. The summed E-state index contributed by atoms with van der Waals surface area (Å²) in [6, 6.07) is -0.241. The van der Waals surface area contributed by atoms with Crippen LogP contribution in [0.25, 0.3) is 0 Å². The van der Waals surface area contributed by atoms with Crippen molar-refractivity contribution in [2.45, 2.75) is 51.6 Å². The fraction of sp³-hybridized carbons (Fsp3) is 0.636. The molecule has 3 atom stereocenters. The SMILES string of the molecule is C=CC(=O)N1CCN(C(C)C/C=C/C(=O)N2CCN(C(C)C)C(F)C2)CC1C(=C)O. The lowest BCUT2D eigenvalue weighted by atomic mass is 10.1. The predicted octanol–water partition coefficient (Wildman–Crippen LogP) is 1.94. The van der Waals surface area contributed by atoms with Crippen LogP contribution in [0.4, 0.5) is 4.39 Å². The summed E-state index contributed by atoms with van der Waals surface area (Å²) in [7, 11) is 0. The van der Waals surface area contributed by atoms with Crippen LogP contribution in [-0.2, 0) is 9.59 Å². The molecule has 2 rings (SSSR count). The van der Waals surface area contributed by atoms with Gasteiger partial charge in [-0.15, -0.1) is 0 Å². The van der Waals surface area contributed by atoms with E-state index in [0.717, 1.165) is 0 Å². The van der Waals surface area contributed by atoms with Crippen molar-refractivity contribution < 1.29 is 19.1 Å². The lowest BCUT2D eigenvalue weighted by molar-refractivity contribution is -0.132. The molecule has 8 heteroatoms. The van der Waals surface area contributed by atoms with Crippen LogP contribution in [0.1, 0.15) is 27.2 Å². The average molecular weight is 423 g/mol. The zero-order valence-electron chi connectivity index (χ0n) is 18.3. The Morgan fingerprint density at radius 2 is 1.83 bits per heavy atom. The maximum Gasteiger partial charge on any atom is 0.246 e. The smallest absolute Gasteiger partial charge is 0.246 e. The number of carbonyl (C=O) groups excluding carboxylic acids is 2. The van der Waals surface area contributed by atoms with Gasteiger partial charge in [0.25, 0.3) is 0 Å². The number of piperazine rings is 2. The Kier molecular flexibility index (Phi) is 8.61. The predicted molar refractivity (Wildman–Crippen MR) is 116 cm³/mol. The largest absolute Gasteiger partial charge is 0.511 e. The van der Waals surface area contributed by atoms with Crippen LogP contribution in [0.2, 0.25) is 0 Å². The van der Waals surface area contributed by atoms with Crippen LogP contribution < -0.4 is 0 Å². The molecule has 2 aliphatic rings. The molecular formula is C22H35FN4O3. The fourth-order valence-electron chi connectivity index (χ4n) is 4.03. The van der Waals surface area contributed by atoms with Gasteiger partial charge in [0.05, 0.1) is 6.54 Å². The van der Waals surface area contributed by atoms with Crippen molar-refractivity contribution in [1.82, 2.24) is 19.6 Å². The third-order valence-electron chi connectivity index (χ3n) is 5.95. The van der Waals surface area contributed by atoms with E-state index in [0.29, 0.717) is 39.1 Å². The molecule has 0 aromatic rings. The van der Waals surface area contributed by atoms with Gasteiger partial charge in [-0.3, -0.25) is 19.4 Å². The molecule has 0 aromatic heterocycles. The lowest BCUT2D eigenvalue weighted by Gasteiger charge is -2.42. The van der Waals surface area contributed by atoms with Crippen molar-refractivity contribution in [2.24, 2.45) is 0 Å².